The summed E-state index contributed by atoms with van der Waals surface area (Å²) < 4.78 is 354. The molecule has 0 saturated heterocycles. The lowest BCUT2D eigenvalue weighted by Crippen LogP contribution is -2.79. The second kappa shape index (κ2) is 10.3. The number of carboxylic acid groups (broad SMARTS) is 1. The zero-order chi connectivity index (χ0) is 36.1. The first-order valence-corrected chi connectivity index (χ1v) is 8.78. The van der Waals surface area contributed by atoms with E-state index in [4.69, 9.17) is 5.11 Å². The Morgan fingerprint density at radius 3 is 0.568 bits per heavy atom. The lowest BCUT2D eigenvalue weighted by atomic mass is 9.84. The Morgan fingerprint density at radius 1 is 0.295 bits per heavy atom. The van der Waals surface area contributed by atoms with E-state index in [-0.39, 0.29) is 6.15 Å². The standard InChI is InChI=1S/C14HF27O2.H3N/c15-2(16,1(42)43)3(17,18)4(19,20)5(21,22)6(23,24)7(25,26)8(27,28)9(29,30)10(31,32)11(33,34)12(35,36)13(37,38)14(39,40)41;/h(H,42,43);1H3. The van der Waals surface area contributed by atoms with E-state index in [2.05, 4.69) is 0 Å². The number of halogens is 27. The van der Waals surface area contributed by atoms with E-state index in [1.54, 1.807) is 0 Å². The SMILES string of the molecule is N.O=C(O)C(F)(F)C(F)(F)C(F)(F)C(F)(F)C(F)(F)C(F)(F)C(F)(F)C(F)(F)C(F)(F)C(F)(F)C(F)(F)C(F)(F)C(F)(F)F. The largest absolute Gasteiger partial charge is 0.477 e. The molecule has 0 aliphatic heterocycles. The second-order valence-electron chi connectivity index (χ2n) is 7.70. The molecule has 3 nitrogen and oxygen atoms in total. The molecule has 0 heterocycles. The predicted octanol–water partition coefficient (Wildman–Crippen LogP) is 8.42. The first kappa shape index (κ1) is 43.7. The topological polar surface area (TPSA) is 72.3 Å². The summed E-state index contributed by atoms with van der Waals surface area (Å²) in [6.45, 7) is 0. The minimum absolute atomic E-state index is 0. The molecule has 0 saturated carbocycles. The lowest BCUT2D eigenvalue weighted by Gasteiger charge is -2.45. The minimum Gasteiger partial charge on any atom is -0.477 e. The van der Waals surface area contributed by atoms with Crippen molar-refractivity contribution in [1.29, 1.82) is 0 Å². The highest BCUT2D eigenvalue weighted by Gasteiger charge is 3.00. The van der Waals surface area contributed by atoms with Gasteiger partial charge in [-0.2, -0.15) is 119 Å². The maximum absolute atomic E-state index is 13.5. The van der Waals surface area contributed by atoms with Gasteiger partial charge in [-0.25, -0.2) is 4.79 Å². The average Bonchev–Trinajstić information content (AvgIpc) is 2.76. The Morgan fingerprint density at radius 2 is 0.432 bits per heavy atom. The molecule has 0 aliphatic rings. The van der Waals surface area contributed by atoms with Crippen LogP contribution in [0.3, 0.4) is 0 Å². The fourth-order valence-electron chi connectivity index (χ4n) is 2.28. The number of aliphatic carboxylic acids is 1. The van der Waals surface area contributed by atoms with E-state index < -0.39 is 83.2 Å². The summed E-state index contributed by atoms with van der Waals surface area (Å²) in [7, 11) is 0. The number of rotatable bonds is 12. The van der Waals surface area contributed by atoms with E-state index in [0.717, 1.165) is 0 Å². The van der Waals surface area contributed by atoms with Crippen molar-refractivity contribution in [1.82, 2.24) is 6.15 Å². The molecule has 266 valence electrons. The molecular weight excluding hydrogens is 727 g/mol. The van der Waals surface area contributed by atoms with Gasteiger partial charge in [-0.1, -0.05) is 0 Å². The van der Waals surface area contributed by atoms with Crippen LogP contribution in [0.1, 0.15) is 0 Å². The smallest absolute Gasteiger partial charge is 0.460 e. The first-order valence-electron chi connectivity index (χ1n) is 8.78. The van der Waals surface area contributed by atoms with Crippen molar-refractivity contribution in [3.05, 3.63) is 0 Å². The molecular formula is C14H4F27NO2. The fourth-order valence-corrected chi connectivity index (χ4v) is 2.28. The Labute approximate surface area is 219 Å². The van der Waals surface area contributed by atoms with Crippen LogP contribution in [0, 0.1) is 0 Å². The van der Waals surface area contributed by atoms with Gasteiger partial charge in [-0.15, -0.1) is 0 Å². The van der Waals surface area contributed by atoms with Crippen molar-refractivity contribution < 1.29 is 128 Å². The molecule has 0 atom stereocenters. The molecule has 4 N–H and O–H groups in total. The Kier molecular flexibility index (Phi) is 10.2. The summed E-state index contributed by atoms with van der Waals surface area (Å²) in [5.74, 6) is -116. The molecule has 0 aromatic heterocycles. The summed E-state index contributed by atoms with van der Waals surface area (Å²) in [6.07, 6.45) is -8.26. The summed E-state index contributed by atoms with van der Waals surface area (Å²) >= 11 is 0. The molecule has 0 bridgehead atoms. The van der Waals surface area contributed by atoms with Gasteiger partial charge in [0.2, 0.25) is 0 Å². The summed E-state index contributed by atoms with van der Waals surface area (Å²) in [4.78, 5) is 9.89. The molecule has 0 unspecified atom stereocenters. The number of hydrogen-bond donors (Lipinski definition) is 2. The molecule has 0 amide bonds. The maximum Gasteiger partial charge on any atom is 0.460 e. The molecule has 44 heavy (non-hydrogen) atoms. The zero-order valence-corrected chi connectivity index (χ0v) is 18.8. The third kappa shape index (κ3) is 4.72. The van der Waals surface area contributed by atoms with Crippen LogP contribution in [0.5, 0.6) is 0 Å². The third-order valence-electron chi connectivity index (χ3n) is 4.96. The van der Waals surface area contributed by atoms with Crippen LogP contribution >= 0.6 is 0 Å². The Hall–Kier alpha value is -2.46. The highest BCUT2D eigenvalue weighted by atomic mass is 19.4. The molecule has 0 spiro atoms. The number of alkyl halides is 27. The van der Waals surface area contributed by atoms with E-state index >= 15 is 0 Å². The van der Waals surface area contributed by atoms with Crippen LogP contribution in [0.4, 0.5) is 119 Å². The average molecular weight is 731 g/mol. The van der Waals surface area contributed by atoms with Gasteiger partial charge in [0.25, 0.3) is 0 Å². The van der Waals surface area contributed by atoms with Crippen molar-refractivity contribution in [2.75, 3.05) is 0 Å². The second-order valence-corrected chi connectivity index (χ2v) is 7.70. The summed E-state index contributed by atoms with van der Waals surface area (Å²) in [6, 6.07) is 0. The predicted molar refractivity (Wildman–Crippen MR) is 78.1 cm³/mol. The van der Waals surface area contributed by atoms with E-state index in [1.165, 1.54) is 0 Å². The Bertz CT molecular complexity index is 1070. The highest BCUT2D eigenvalue weighted by molar-refractivity contribution is 5.77. The van der Waals surface area contributed by atoms with Gasteiger partial charge in [-0.3, -0.25) is 0 Å². The normalized spacial score (nSPS) is 16.5. The summed E-state index contributed by atoms with van der Waals surface area (Å²) in [5, 5.41) is 7.64. The van der Waals surface area contributed by atoms with Crippen LogP contribution in [-0.2, 0) is 4.79 Å². The molecule has 0 aromatic carbocycles. The molecule has 0 aliphatic carbocycles. The van der Waals surface area contributed by atoms with Gasteiger partial charge in [0.05, 0.1) is 0 Å². The van der Waals surface area contributed by atoms with Gasteiger partial charge in [0, 0.05) is 0 Å². The van der Waals surface area contributed by atoms with Gasteiger partial charge in [0.15, 0.2) is 0 Å². The minimum atomic E-state index is -9.86. The fraction of sp³-hybridized carbons (Fsp3) is 0.929. The summed E-state index contributed by atoms with van der Waals surface area (Å²) in [5.41, 5.74) is 0. The molecule has 0 radical (unpaired) electrons. The number of carboxylic acids is 1. The molecule has 0 rings (SSSR count). The van der Waals surface area contributed by atoms with Gasteiger partial charge < -0.3 is 11.3 Å². The van der Waals surface area contributed by atoms with Gasteiger partial charge >= 0.3 is 83.2 Å². The number of carbonyl (C=O) groups is 1. The van der Waals surface area contributed by atoms with Crippen LogP contribution in [0.15, 0.2) is 0 Å². The maximum atomic E-state index is 13.5. The van der Waals surface area contributed by atoms with Crippen molar-refractivity contribution >= 4 is 5.97 Å². The Balaban J connectivity index is 0. The highest BCUT2D eigenvalue weighted by Crippen LogP contribution is 2.68. The zero-order valence-electron chi connectivity index (χ0n) is 18.8. The quantitative estimate of drug-likeness (QED) is 0.198. The van der Waals surface area contributed by atoms with Crippen molar-refractivity contribution in [3.8, 4) is 0 Å². The van der Waals surface area contributed by atoms with Crippen LogP contribution in [0.2, 0.25) is 0 Å². The van der Waals surface area contributed by atoms with Crippen molar-refractivity contribution in [2.24, 2.45) is 0 Å². The van der Waals surface area contributed by atoms with Crippen molar-refractivity contribution in [3.63, 3.8) is 0 Å². The number of hydrogen-bond acceptors (Lipinski definition) is 2. The van der Waals surface area contributed by atoms with Crippen molar-refractivity contribution in [2.45, 2.75) is 77.2 Å². The van der Waals surface area contributed by atoms with E-state index in [0.29, 0.717) is 0 Å². The molecule has 0 fully saturated rings. The van der Waals surface area contributed by atoms with Gasteiger partial charge in [0.1, 0.15) is 0 Å². The van der Waals surface area contributed by atoms with E-state index in [1.807, 2.05) is 0 Å². The van der Waals surface area contributed by atoms with Crippen LogP contribution in [-0.4, -0.2) is 88.3 Å². The first-order chi connectivity index (χ1) is 17.9. The third-order valence-corrected chi connectivity index (χ3v) is 4.96. The van der Waals surface area contributed by atoms with Crippen LogP contribution in [0.25, 0.3) is 0 Å². The van der Waals surface area contributed by atoms with E-state index in [9.17, 15) is 123 Å². The lowest BCUT2D eigenvalue weighted by molar-refractivity contribution is -0.484. The molecule has 0 aromatic rings. The monoisotopic (exact) mass is 731 g/mol. The van der Waals surface area contributed by atoms with Crippen LogP contribution < -0.4 is 6.15 Å². The van der Waals surface area contributed by atoms with Gasteiger partial charge in [-0.05, 0) is 0 Å². The molecule has 30 heteroatoms.